The summed E-state index contributed by atoms with van der Waals surface area (Å²) < 4.78 is 0. The fourth-order valence-corrected chi connectivity index (χ4v) is 5.82. The van der Waals surface area contributed by atoms with Crippen molar-refractivity contribution in [2.75, 3.05) is 26.2 Å². The molecule has 0 aromatic heterocycles. The normalized spacial score (nSPS) is 20.3. The molecule has 2 aromatic carbocycles. The van der Waals surface area contributed by atoms with Crippen LogP contribution in [-0.4, -0.2) is 58.6 Å². The van der Waals surface area contributed by atoms with Gasteiger partial charge in [0.1, 0.15) is 5.75 Å². The van der Waals surface area contributed by atoms with Gasteiger partial charge >= 0.3 is 0 Å². The lowest BCUT2D eigenvalue weighted by Gasteiger charge is -2.40. The summed E-state index contributed by atoms with van der Waals surface area (Å²) in [7, 11) is 0. The molecule has 0 bridgehead atoms. The lowest BCUT2D eigenvalue weighted by atomic mass is 9.94. The van der Waals surface area contributed by atoms with Crippen LogP contribution in [0.1, 0.15) is 59.2 Å². The number of allylic oxidation sites excluding steroid dienone is 1. The standard InChI is InChI=1S/C27H29N3O2.2ClH/c31-25-9-8-19-21(16-22-26(19)28-24-7-3-2-6-20(24)27(22)32)23(25)17-29-14-10-18(11-15-29)30-12-4-1-5-13-30;;/h2-3,6-9,16,18,31H,1,4-5,10-15,17H2;2*1H. The smallest absolute Gasteiger partial charge is 0.197 e. The Morgan fingerprint density at radius 3 is 2.41 bits per heavy atom. The van der Waals surface area contributed by atoms with Gasteiger partial charge in [-0.15, -0.1) is 24.8 Å². The number of aromatic hydroxyl groups is 1. The van der Waals surface area contributed by atoms with E-state index in [1.165, 1.54) is 45.2 Å². The van der Waals surface area contributed by atoms with Gasteiger partial charge in [0.05, 0.1) is 11.4 Å². The van der Waals surface area contributed by atoms with Crippen molar-refractivity contribution in [2.45, 2.75) is 44.7 Å². The van der Waals surface area contributed by atoms with E-state index in [0.717, 1.165) is 41.2 Å². The molecule has 5 nitrogen and oxygen atoms in total. The first-order valence-electron chi connectivity index (χ1n) is 11.9. The highest BCUT2D eigenvalue weighted by atomic mass is 35.5. The van der Waals surface area contributed by atoms with Crippen LogP contribution < -0.4 is 0 Å². The van der Waals surface area contributed by atoms with Gasteiger partial charge in [0.2, 0.25) is 0 Å². The molecule has 4 aliphatic rings. The summed E-state index contributed by atoms with van der Waals surface area (Å²) >= 11 is 0. The van der Waals surface area contributed by atoms with Crippen LogP contribution in [-0.2, 0) is 6.54 Å². The van der Waals surface area contributed by atoms with Crippen molar-refractivity contribution in [3.05, 3.63) is 64.2 Å². The largest absolute Gasteiger partial charge is 0.508 e. The van der Waals surface area contributed by atoms with Crippen LogP contribution in [0.15, 0.2) is 47.0 Å². The van der Waals surface area contributed by atoms with Gasteiger partial charge in [0.25, 0.3) is 0 Å². The Hall–Kier alpha value is -2.18. The molecule has 180 valence electrons. The summed E-state index contributed by atoms with van der Waals surface area (Å²) in [6.45, 7) is 5.31. The molecule has 0 amide bonds. The summed E-state index contributed by atoms with van der Waals surface area (Å²) in [5.74, 6) is 0.331. The van der Waals surface area contributed by atoms with Gasteiger partial charge in [-0.1, -0.05) is 18.6 Å². The molecular weight excluding hydrogens is 469 g/mol. The number of hydrogen-bond donors (Lipinski definition) is 1. The molecule has 3 heterocycles. The molecule has 3 aliphatic heterocycles. The highest BCUT2D eigenvalue weighted by Crippen LogP contribution is 2.40. The minimum absolute atomic E-state index is 0. The monoisotopic (exact) mass is 499 g/mol. The summed E-state index contributed by atoms with van der Waals surface area (Å²) in [6, 6.07) is 11.9. The number of carbonyl (C=O) groups is 1. The Balaban J connectivity index is 0.00000137. The van der Waals surface area contributed by atoms with E-state index in [-0.39, 0.29) is 30.6 Å². The number of ketones is 1. The first-order chi connectivity index (χ1) is 15.7. The minimum atomic E-state index is 0. The van der Waals surface area contributed by atoms with Gasteiger partial charge in [-0.3, -0.25) is 9.69 Å². The molecule has 1 aliphatic carbocycles. The van der Waals surface area contributed by atoms with Gasteiger partial charge in [-0.2, -0.15) is 0 Å². The molecule has 1 N–H and O–H groups in total. The highest BCUT2D eigenvalue weighted by molar-refractivity contribution is 6.41. The molecule has 6 rings (SSSR count). The molecule has 0 atom stereocenters. The van der Waals surface area contributed by atoms with Crippen molar-refractivity contribution in [3.63, 3.8) is 0 Å². The van der Waals surface area contributed by atoms with Gasteiger partial charge in [0.15, 0.2) is 5.78 Å². The van der Waals surface area contributed by atoms with E-state index in [1.807, 2.05) is 36.4 Å². The van der Waals surface area contributed by atoms with E-state index in [4.69, 9.17) is 4.99 Å². The number of benzene rings is 2. The number of phenols is 1. The summed E-state index contributed by atoms with van der Waals surface area (Å²) in [6.07, 6.45) is 8.38. The Morgan fingerprint density at radius 2 is 1.65 bits per heavy atom. The maximum atomic E-state index is 13.1. The van der Waals surface area contributed by atoms with Crippen molar-refractivity contribution in [3.8, 4) is 5.75 Å². The number of likely N-dealkylation sites (tertiary alicyclic amines) is 2. The number of carbonyl (C=O) groups excluding carboxylic acids is 1. The third-order valence-corrected chi connectivity index (χ3v) is 7.60. The Labute approximate surface area is 213 Å². The number of hydrogen-bond acceptors (Lipinski definition) is 5. The van der Waals surface area contributed by atoms with Gasteiger partial charge in [-0.05, 0) is 87.8 Å². The third-order valence-electron chi connectivity index (χ3n) is 7.60. The van der Waals surface area contributed by atoms with E-state index in [2.05, 4.69) is 9.80 Å². The predicted octanol–water partition coefficient (Wildman–Crippen LogP) is 5.40. The molecule has 0 radical (unpaired) electrons. The van der Waals surface area contributed by atoms with Gasteiger partial charge < -0.3 is 10.0 Å². The van der Waals surface area contributed by atoms with Crippen LogP contribution in [0.25, 0.3) is 6.08 Å². The van der Waals surface area contributed by atoms with E-state index < -0.39 is 0 Å². The van der Waals surface area contributed by atoms with Crippen LogP contribution in [0, 0.1) is 0 Å². The zero-order chi connectivity index (χ0) is 21.7. The summed E-state index contributed by atoms with van der Waals surface area (Å²) in [5.41, 5.74) is 5.60. The van der Waals surface area contributed by atoms with Crippen LogP contribution in [0.2, 0.25) is 0 Å². The topological polar surface area (TPSA) is 56.1 Å². The molecule has 2 saturated heterocycles. The number of halogens is 2. The number of rotatable bonds is 3. The number of nitrogens with zero attached hydrogens (tertiary/aromatic N) is 3. The molecule has 2 aromatic rings. The van der Waals surface area contributed by atoms with Crippen molar-refractivity contribution in [2.24, 2.45) is 4.99 Å². The number of aliphatic imine (C=N–C) groups is 1. The van der Waals surface area contributed by atoms with Crippen molar-refractivity contribution >= 4 is 48.1 Å². The molecule has 7 heteroatoms. The first kappa shape index (κ1) is 24.9. The Bertz CT molecular complexity index is 1150. The maximum absolute atomic E-state index is 13.1. The maximum Gasteiger partial charge on any atom is 0.197 e. The van der Waals surface area contributed by atoms with Crippen molar-refractivity contribution < 1.29 is 9.90 Å². The Kier molecular flexibility index (Phi) is 7.48. The zero-order valence-corrected chi connectivity index (χ0v) is 20.8. The van der Waals surface area contributed by atoms with Crippen LogP contribution in [0.3, 0.4) is 0 Å². The number of para-hydroxylation sites is 1. The van der Waals surface area contributed by atoms with Gasteiger partial charge in [-0.25, -0.2) is 4.99 Å². The van der Waals surface area contributed by atoms with Gasteiger partial charge in [0, 0.05) is 34.9 Å². The van der Waals surface area contributed by atoms with E-state index in [9.17, 15) is 9.90 Å². The minimum Gasteiger partial charge on any atom is -0.508 e. The van der Waals surface area contributed by atoms with E-state index >= 15 is 0 Å². The second kappa shape index (κ2) is 10.2. The summed E-state index contributed by atoms with van der Waals surface area (Å²) in [4.78, 5) is 23.1. The van der Waals surface area contributed by atoms with Crippen LogP contribution in [0.4, 0.5) is 5.69 Å². The average Bonchev–Trinajstić information content (AvgIpc) is 3.21. The number of Topliss-reactive ketones (excluding diaryl/α,β-unsaturated/α-hetero) is 1. The van der Waals surface area contributed by atoms with Crippen LogP contribution in [0.5, 0.6) is 5.75 Å². The van der Waals surface area contributed by atoms with Crippen molar-refractivity contribution in [1.29, 1.82) is 0 Å². The molecule has 34 heavy (non-hydrogen) atoms. The lowest BCUT2D eigenvalue weighted by Crippen LogP contribution is -2.46. The molecule has 0 spiro atoms. The third kappa shape index (κ3) is 4.31. The Morgan fingerprint density at radius 1 is 0.912 bits per heavy atom. The molecule has 0 saturated carbocycles. The number of piperidine rings is 2. The predicted molar refractivity (Wildman–Crippen MR) is 141 cm³/mol. The molecule has 0 unspecified atom stereocenters. The average molecular weight is 500 g/mol. The first-order valence-corrected chi connectivity index (χ1v) is 11.9. The second-order valence-electron chi connectivity index (χ2n) is 9.49. The van der Waals surface area contributed by atoms with E-state index in [0.29, 0.717) is 29.5 Å². The lowest BCUT2D eigenvalue weighted by molar-refractivity contribution is 0.0893. The highest BCUT2D eigenvalue weighted by Gasteiger charge is 2.34. The summed E-state index contributed by atoms with van der Waals surface area (Å²) in [5, 5.41) is 10.7. The second-order valence-corrected chi connectivity index (χ2v) is 9.49. The van der Waals surface area contributed by atoms with E-state index in [1.54, 1.807) is 6.07 Å². The number of fused-ring (bicyclic) bond motifs is 4. The number of phenolic OH excluding ortho intramolecular Hbond substituents is 1. The zero-order valence-electron chi connectivity index (χ0n) is 19.2. The SMILES string of the molecule is Cl.Cl.O=C1C2=Cc3c(ccc(O)c3CN3CCC(N4CCCCC4)CC3)C2=Nc2ccccc21. The molecule has 2 fully saturated rings. The van der Waals surface area contributed by atoms with Crippen molar-refractivity contribution in [1.82, 2.24) is 9.80 Å². The van der Waals surface area contributed by atoms with Crippen LogP contribution >= 0.6 is 24.8 Å². The quantitative estimate of drug-likeness (QED) is 0.613. The fourth-order valence-electron chi connectivity index (χ4n) is 5.82. The fraction of sp³-hybridized carbons (Fsp3) is 0.407. The molecular formula is C27H31Cl2N3O2.